The summed E-state index contributed by atoms with van der Waals surface area (Å²) in [7, 11) is 0. The Morgan fingerprint density at radius 3 is 3.00 bits per heavy atom. The molecule has 0 spiro atoms. The van der Waals surface area contributed by atoms with Gasteiger partial charge in [-0.1, -0.05) is 0 Å². The molecule has 5 nitrogen and oxygen atoms in total. The van der Waals surface area contributed by atoms with Gasteiger partial charge in [-0.15, -0.1) is 22.7 Å². The Morgan fingerprint density at radius 2 is 2.20 bits per heavy atom. The molecule has 0 amide bonds. The molecular formula is C13H10N2O3S2. The summed E-state index contributed by atoms with van der Waals surface area (Å²) < 4.78 is 5.79. The smallest absolute Gasteiger partial charge is 0.357 e. The average Bonchev–Trinajstić information content (AvgIpc) is 3.04. The highest BCUT2D eigenvalue weighted by Crippen LogP contribution is 2.33. The summed E-state index contributed by atoms with van der Waals surface area (Å²) in [5.41, 5.74) is 1.10. The first kappa shape index (κ1) is 13.0. The molecule has 0 fully saturated rings. The number of benzene rings is 1. The van der Waals surface area contributed by atoms with E-state index in [4.69, 9.17) is 4.74 Å². The molecule has 0 aliphatic heterocycles. The van der Waals surface area contributed by atoms with Gasteiger partial charge in [-0.25, -0.2) is 14.8 Å². The number of carbonyl (C=O) groups is 1. The lowest BCUT2D eigenvalue weighted by molar-refractivity contribution is 0.0520. The van der Waals surface area contributed by atoms with E-state index in [9.17, 15) is 9.90 Å². The minimum atomic E-state index is -0.422. The lowest BCUT2D eigenvalue weighted by atomic mass is 10.3. The Kier molecular flexibility index (Phi) is 3.37. The third-order valence-electron chi connectivity index (χ3n) is 2.54. The summed E-state index contributed by atoms with van der Waals surface area (Å²) in [6, 6.07) is 5.01. The van der Waals surface area contributed by atoms with E-state index in [1.54, 1.807) is 30.5 Å². The van der Waals surface area contributed by atoms with Crippen LogP contribution in [0.3, 0.4) is 0 Å². The van der Waals surface area contributed by atoms with Crippen molar-refractivity contribution in [1.29, 1.82) is 0 Å². The van der Waals surface area contributed by atoms with Crippen molar-refractivity contribution in [2.75, 3.05) is 6.61 Å². The molecule has 0 bridgehead atoms. The zero-order valence-electron chi connectivity index (χ0n) is 10.5. The molecule has 20 heavy (non-hydrogen) atoms. The summed E-state index contributed by atoms with van der Waals surface area (Å²) in [6.45, 7) is 2.08. The Balaban J connectivity index is 1.96. The van der Waals surface area contributed by atoms with Crippen LogP contribution in [0.2, 0.25) is 0 Å². The molecule has 1 N–H and O–H groups in total. The maximum atomic E-state index is 11.6. The van der Waals surface area contributed by atoms with Crippen LogP contribution >= 0.6 is 22.7 Å². The minimum Gasteiger partial charge on any atom is -0.508 e. The number of nitrogens with zero attached hydrogens (tertiary/aromatic N) is 2. The van der Waals surface area contributed by atoms with Gasteiger partial charge in [0.15, 0.2) is 15.7 Å². The fourth-order valence-corrected chi connectivity index (χ4v) is 3.50. The largest absolute Gasteiger partial charge is 0.508 e. The fraction of sp³-hybridized carbons (Fsp3) is 0.154. The van der Waals surface area contributed by atoms with Crippen molar-refractivity contribution in [1.82, 2.24) is 9.97 Å². The van der Waals surface area contributed by atoms with Gasteiger partial charge < -0.3 is 9.84 Å². The van der Waals surface area contributed by atoms with Crippen LogP contribution in [0.15, 0.2) is 23.6 Å². The first-order valence-corrected chi connectivity index (χ1v) is 7.59. The second-order valence-corrected chi connectivity index (χ2v) is 5.82. The lowest BCUT2D eigenvalue weighted by Gasteiger charge is -1.95. The van der Waals surface area contributed by atoms with Gasteiger partial charge in [-0.2, -0.15) is 0 Å². The van der Waals surface area contributed by atoms with Crippen molar-refractivity contribution in [2.45, 2.75) is 6.92 Å². The van der Waals surface area contributed by atoms with Crippen LogP contribution in [-0.2, 0) is 4.74 Å². The molecule has 0 unspecified atom stereocenters. The highest BCUT2D eigenvalue weighted by Gasteiger charge is 2.15. The van der Waals surface area contributed by atoms with E-state index in [2.05, 4.69) is 9.97 Å². The van der Waals surface area contributed by atoms with Crippen molar-refractivity contribution >= 4 is 38.9 Å². The molecule has 2 aromatic heterocycles. The number of phenolic OH excluding ortho intramolecular Hbond substituents is 1. The van der Waals surface area contributed by atoms with Crippen LogP contribution in [-0.4, -0.2) is 27.7 Å². The molecule has 0 atom stereocenters. The molecule has 2 heterocycles. The topological polar surface area (TPSA) is 72.3 Å². The zero-order valence-corrected chi connectivity index (χ0v) is 12.1. The number of thiazole rings is 2. The maximum absolute atomic E-state index is 11.6. The molecule has 0 aliphatic rings. The van der Waals surface area contributed by atoms with Crippen LogP contribution in [0.4, 0.5) is 0 Å². The van der Waals surface area contributed by atoms with Gasteiger partial charge in [-0.3, -0.25) is 0 Å². The minimum absolute atomic E-state index is 0.207. The molecule has 0 radical (unpaired) electrons. The molecular weight excluding hydrogens is 296 g/mol. The number of fused-ring (bicyclic) bond motifs is 1. The van der Waals surface area contributed by atoms with Gasteiger partial charge in [0.1, 0.15) is 5.75 Å². The molecule has 3 rings (SSSR count). The van der Waals surface area contributed by atoms with E-state index >= 15 is 0 Å². The van der Waals surface area contributed by atoms with Gasteiger partial charge in [0, 0.05) is 5.38 Å². The normalized spacial score (nSPS) is 10.8. The van der Waals surface area contributed by atoms with E-state index < -0.39 is 5.97 Å². The predicted octanol–water partition coefficient (Wildman–Crippen LogP) is 3.30. The van der Waals surface area contributed by atoms with Crippen LogP contribution in [0.1, 0.15) is 17.4 Å². The van der Waals surface area contributed by atoms with Gasteiger partial charge in [-0.05, 0) is 25.1 Å². The van der Waals surface area contributed by atoms with Gasteiger partial charge >= 0.3 is 5.97 Å². The predicted molar refractivity (Wildman–Crippen MR) is 78.3 cm³/mol. The van der Waals surface area contributed by atoms with Crippen molar-refractivity contribution in [2.24, 2.45) is 0 Å². The first-order valence-electron chi connectivity index (χ1n) is 5.90. The maximum Gasteiger partial charge on any atom is 0.357 e. The van der Waals surface area contributed by atoms with Gasteiger partial charge in [0.25, 0.3) is 0 Å². The van der Waals surface area contributed by atoms with Crippen molar-refractivity contribution in [3.05, 3.63) is 29.3 Å². The molecule has 102 valence electrons. The van der Waals surface area contributed by atoms with Gasteiger partial charge in [0.05, 0.1) is 16.8 Å². The van der Waals surface area contributed by atoms with Crippen molar-refractivity contribution in [3.8, 4) is 15.8 Å². The van der Waals surface area contributed by atoms with E-state index in [1.165, 1.54) is 22.7 Å². The van der Waals surface area contributed by atoms with E-state index in [1.807, 2.05) is 0 Å². The summed E-state index contributed by atoms with van der Waals surface area (Å²) in [6.07, 6.45) is 0. The third kappa shape index (κ3) is 2.37. The number of hydrogen-bond donors (Lipinski definition) is 1. The number of ether oxygens (including phenoxy) is 1. The Labute approximate surface area is 122 Å². The number of rotatable bonds is 3. The third-order valence-corrected chi connectivity index (χ3v) is 4.55. The zero-order chi connectivity index (χ0) is 14.1. The van der Waals surface area contributed by atoms with Crippen molar-refractivity contribution < 1.29 is 14.6 Å². The Bertz CT molecular complexity index is 779. The molecule has 0 aliphatic carbocycles. The van der Waals surface area contributed by atoms with E-state index in [-0.39, 0.29) is 5.75 Å². The van der Waals surface area contributed by atoms with Crippen LogP contribution < -0.4 is 0 Å². The molecule has 0 saturated carbocycles. The first-order chi connectivity index (χ1) is 9.67. The second-order valence-electron chi connectivity index (χ2n) is 3.93. The number of hydrogen-bond acceptors (Lipinski definition) is 7. The second kappa shape index (κ2) is 5.18. The number of phenols is 1. The number of aromatic hydroxyl groups is 1. The SMILES string of the molecule is CCOC(=O)c1csc(-c2nc3ccc(O)cc3s2)n1. The fourth-order valence-electron chi connectivity index (χ4n) is 1.68. The highest BCUT2D eigenvalue weighted by atomic mass is 32.1. The van der Waals surface area contributed by atoms with Crippen molar-refractivity contribution in [3.63, 3.8) is 0 Å². The standard InChI is InChI=1S/C13H10N2O3S2/c1-2-18-13(17)9-6-19-11(15-9)12-14-8-4-3-7(16)5-10(8)20-12/h3-6,16H,2H2,1H3. The summed E-state index contributed by atoms with van der Waals surface area (Å²) in [4.78, 5) is 20.3. The summed E-state index contributed by atoms with van der Waals surface area (Å²) in [5, 5.41) is 12.5. The van der Waals surface area contributed by atoms with E-state index in [0.29, 0.717) is 17.3 Å². The van der Waals surface area contributed by atoms with E-state index in [0.717, 1.165) is 15.2 Å². The summed E-state index contributed by atoms with van der Waals surface area (Å²) in [5.74, 6) is -0.215. The van der Waals surface area contributed by atoms with Crippen LogP contribution in [0.5, 0.6) is 5.75 Å². The Morgan fingerprint density at radius 1 is 1.35 bits per heavy atom. The quantitative estimate of drug-likeness (QED) is 0.752. The van der Waals surface area contributed by atoms with Crippen LogP contribution in [0.25, 0.3) is 20.2 Å². The highest BCUT2D eigenvalue weighted by molar-refractivity contribution is 7.25. The van der Waals surface area contributed by atoms with Crippen LogP contribution in [0, 0.1) is 0 Å². The number of aromatic nitrogens is 2. The average molecular weight is 306 g/mol. The monoisotopic (exact) mass is 306 g/mol. The number of carbonyl (C=O) groups excluding carboxylic acids is 1. The Hall–Kier alpha value is -1.99. The van der Waals surface area contributed by atoms with Gasteiger partial charge in [0.2, 0.25) is 0 Å². The number of esters is 1. The molecule has 1 aromatic carbocycles. The molecule has 3 aromatic rings. The summed E-state index contributed by atoms with van der Waals surface area (Å²) >= 11 is 2.78. The molecule has 7 heteroatoms. The molecule has 0 saturated heterocycles. The lowest BCUT2D eigenvalue weighted by Crippen LogP contribution is -2.04.